The predicted molar refractivity (Wildman–Crippen MR) is 92.9 cm³/mol. The SMILES string of the molecule is Cc1ccc(NC(=O)C(C)(C)C)cc1NC(=O)c1cc(C(=O)O)co1. The van der Waals surface area contributed by atoms with Crippen LogP contribution in [-0.2, 0) is 4.79 Å². The molecule has 7 heteroatoms. The average molecular weight is 344 g/mol. The van der Waals surface area contributed by atoms with Crippen LogP contribution in [0.15, 0.2) is 34.9 Å². The van der Waals surface area contributed by atoms with E-state index in [4.69, 9.17) is 9.52 Å². The molecule has 7 nitrogen and oxygen atoms in total. The monoisotopic (exact) mass is 344 g/mol. The molecule has 0 aliphatic heterocycles. The number of aromatic carboxylic acids is 1. The number of furan rings is 1. The molecule has 2 amide bonds. The Kier molecular flexibility index (Phi) is 4.97. The lowest BCUT2D eigenvalue weighted by molar-refractivity contribution is -0.123. The zero-order chi connectivity index (χ0) is 18.8. The first-order chi connectivity index (χ1) is 11.6. The Morgan fingerprint density at radius 1 is 1.08 bits per heavy atom. The molecule has 0 spiro atoms. The summed E-state index contributed by atoms with van der Waals surface area (Å²) in [5.41, 5.74) is 1.17. The molecule has 0 radical (unpaired) electrons. The number of carbonyl (C=O) groups excluding carboxylic acids is 2. The number of carboxylic acids is 1. The van der Waals surface area contributed by atoms with E-state index in [0.717, 1.165) is 17.9 Å². The summed E-state index contributed by atoms with van der Waals surface area (Å²) in [6.07, 6.45) is 1.00. The van der Waals surface area contributed by atoms with Crippen LogP contribution >= 0.6 is 0 Å². The van der Waals surface area contributed by atoms with Gasteiger partial charge in [0.05, 0.1) is 5.56 Å². The second-order valence-corrected chi connectivity index (χ2v) is 6.69. The fourth-order valence-corrected chi connectivity index (χ4v) is 1.90. The number of hydrogen-bond acceptors (Lipinski definition) is 4. The van der Waals surface area contributed by atoms with E-state index in [0.29, 0.717) is 11.4 Å². The molecule has 0 unspecified atom stereocenters. The van der Waals surface area contributed by atoms with E-state index >= 15 is 0 Å². The standard InChI is InChI=1S/C18H20N2O5/c1-10-5-6-12(19-17(24)18(2,3)4)8-13(10)20-15(21)14-7-11(9-25-14)16(22)23/h5-9H,1-4H3,(H,19,24)(H,20,21)(H,22,23). The Labute approximate surface area is 145 Å². The maximum absolute atomic E-state index is 12.2. The highest BCUT2D eigenvalue weighted by molar-refractivity contribution is 6.04. The van der Waals surface area contributed by atoms with Crippen LogP contribution < -0.4 is 10.6 Å². The third-order valence-electron chi connectivity index (χ3n) is 3.50. The Morgan fingerprint density at radius 3 is 2.32 bits per heavy atom. The van der Waals surface area contributed by atoms with Crippen molar-refractivity contribution >= 4 is 29.2 Å². The maximum Gasteiger partial charge on any atom is 0.338 e. The molecule has 132 valence electrons. The molecule has 0 bridgehead atoms. The van der Waals surface area contributed by atoms with Gasteiger partial charge >= 0.3 is 5.97 Å². The smallest absolute Gasteiger partial charge is 0.338 e. The molecular weight excluding hydrogens is 324 g/mol. The lowest BCUT2D eigenvalue weighted by Crippen LogP contribution is -2.27. The molecule has 1 heterocycles. The molecule has 2 rings (SSSR count). The molecular formula is C18H20N2O5. The normalized spacial score (nSPS) is 11.0. The Balaban J connectivity index is 2.18. The van der Waals surface area contributed by atoms with Gasteiger partial charge in [-0.3, -0.25) is 9.59 Å². The lowest BCUT2D eigenvalue weighted by Gasteiger charge is -2.18. The van der Waals surface area contributed by atoms with Crippen LogP contribution in [0.25, 0.3) is 0 Å². The zero-order valence-corrected chi connectivity index (χ0v) is 14.5. The zero-order valence-electron chi connectivity index (χ0n) is 14.5. The summed E-state index contributed by atoms with van der Waals surface area (Å²) in [7, 11) is 0. The van der Waals surface area contributed by atoms with Crippen LogP contribution in [0.4, 0.5) is 11.4 Å². The summed E-state index contributed by atoms with van der Waals surface area (Å²) in [5.74, 6) is -2.01. The van der Waals surface area contributed by atoms with Crippen LogP contribution in [0.1, 0.15) is 47.2 Å². The Hall–Kier alpha value is -3.09. The minimum atomic E-state index is -1.18. The summed E-state index contributed by atoms with van der Waals surface area (Å²) in [6, 6.07) is 6.29. The van der Waals surface area contributed by atoms with Gasteiger partial charge in [0.15, 0.2) is 5.76 Å². The highest BCUT2D eigenvalue weighted by Crippen LogP contribution is 2.23. The van der Waals surface area contributed by atoms with Crippen molar-refractivity contribution in [3.63, 3.8) is 0 Å². The molecule has 0 aliphatic rings. The van der Waals surface area contributed by atoms with Gasteiger partial charge in [-0.15, -0.1) is 0 Å². The fourth-order valence-electron chi connectivity index (χ4n) is 1.90. The Bertz CT molecular complexity index is 830. The third-order valence-corrected chi connectivity index (χ3v) is 3.50. The predicted octanol–water partition coefficient (Wildman–Crippen LogP) is 3.52. The van der Waals surface area contributed by atoms with Crippen LogP contribution in [0.2, 0.25) is 0 Å². The van der Waals surface area contributed by atoms with Crippen molar-refractivity contribution in [2.45, 2.75) is 27.7 Å². The van der Waals surface area contributed by atoms with Crippen molar-refractivity contribution in [3.8, 4) is 0 Å². The van der Waals surface area contributed by atoms with Crippen molar-refractivity contribution in [3.05, 3.63) is 47.4 Å². The summed E-state index contributed by atoms with van der Waals surface area (Å²) in [4.78, 5) is 35.1. The lowest BCUT2D eigenvalue weighted by atomic mass is 9.95. The van der Waals surface area contributed by atoms with E-state index < -0.39 is 17.3 Å². The Morgan fingerprint density at radius 2 is 1.76 bits per heavy atom. The second kappa shape index (κ2) is 6.80. The quantitative estimate of drug-likeness (QED) is 0.786. The molecule has 0 saturated heterocycles. The summed E-state index contributed by atoms with van der Waals surface area (Å²) in [6.45, 7) is 7.21. The molecule has 0 atom stereocenters. The minimum absolute atomic E-state index is 0.104. The fraction of sp³-hybridized carbons (Fsp3) is 0.278. The van der Waals surface area contributed by atoms with Gasteiger partial charge in [-0.05, 0) is 24.6 Å². The molecule has 25 heavy (non-hydrogen) atoms. The van der Waals surface area contributed by atoms with Gasteiger partial charge in [0.1, 0.15) is 6.26 Å². The van der Waals surface area contributed by atoms with Gasteiger partial charge in [-0.25, -0.2) is 4.79 Å². The van der Waals surface area contributed by atoms with Crippen LogP contribution in [0.3, 0.4) is 0 Å². The van der Waals surface area contributed by atoms with E-state index in [1.807, 2.05) is 0 Å². The molecule has 3 N–H and O–H groups in total. The number of nitrogens with one attached hydrogen (secondary N) is 2. The number of amides is 2. The highest BCUT2D eigenvalue weighted by Gasteiger charge is 2.21. The summed E-state index contributed by atoms with van der Waals surface area (Å²) < 4.78 is 4.98. The first-order valence-corrected chi connectivity index (χ1v) is 7.63. The first-order valence-electron chi connectivity index (χ1n) is 7.63. The number of hydrogen-bond donors (Lipinski definition) is 3. The van der Waals surface area contributed by atoms with Crippen molar-refractivity contribution in [2.75, 3.05) is 10.6 Å². The van der Waals surface area contributed by atoms with Gasteiger partial charge in [0.25, 0.3) is 5.91 Å². The number of rotatable bonds is 4. The molecule has 2 aromatic rings. The number of carbonyl (C=O) groups is 3. The highest BCUT2D eigenvalue weighted by atomic mass is 16.4. The molecule has 1 aromatic carbocycles. The number of aryl methyl sites for hydroxylation is 1. The molecule has 1 aromatic heterocycles. The van der Waals surface area contributed by atoms with Crippen molar-refractivity contribution < 1.29 is 23.9 Å². The number of anilines is 2. The van der Waals surface area contributed by atoms with Gasteiger partial charge in [0.2, 0.25) is 5.91 Å². The topological polar surface area (TPSA) is 109 Å². The number of benzene rings is 1. The number of carboxylic acid groups (broad SMARTS) is 1. The second-order valence-electron chi connectivity index (χ2n) is 6.69. The molecule has 0 aliphatic carbocycles. The van der Waals surface area contributed by atoms with Gasteiger partial charge in [0, 0.05) is 22.9 Å². The van der Waals surface area contributed by atoms with Crippen LogP contribution in [0.5, 0.6) is 0 Å². The maximum atomic E-state index is 12.2. The molecule has 0 fully saturated rings. The van der Waals surface area contributed by atoms with E-state index in [1.54, 1.807) is 45.9 Å². The first kappa shape index (κ1) is 18.3. The summed E-state index contributed by atoms with van der Waals surface area (Å²) in [5, 5.41) is 14.3. The van der Waals surface area contributed by atoms with E-state index in [9.17, 15) is 14.4 Å². The van der Waals surface area contributed by atoms with Gasteiger partial charge in [-0.1, -0.05) is 26.8 Å². The van der Waals surface area contributed by atoms with E-state index in [2.05, 4.69) is 10.6 Å². The van der Waals surface area contributed by atoms with Gasteiger partial charge < -0.3 is 20.2 Å². The average Bonchev–Trinajstić information content (AvgIpc) is 3.00. The molecule has 0 saturated carbocycles. The minimum Gasteiger partial charge on any atom is -0.478 e. The van der Waals surface area contributed by atoms with E-state index in [1.165, 1.54) is 0 Å². The largest absolute Gasteiger partial charge is 0.478 e. The van der Waals surface area contributed by atoms with Crippen molar-refractivity contribution in [1.29, 1.82) is 0 Å². The van der Waals surface area contributed by atoms with Crippen molar-refractivity contribution in [2.24, 2.45) is 5.41 Å². The van der Waals surface area contributed by atoms with Crippen LogP contribution in [0, 0.1) is 12.3 Å². The summed E-state index contributed by atoms with van der Waals surface area (Å²) >= 11 is 0. The van der Waals surface area contributed by atoms with E-state index in [-0.39, 0.29) is 17.2 Å². The van der Waals surface area contributed by atoms with Crippen molar-refractivity contribution in [1.82, 2.24) is 0 Å². The van der Waals surface area contributed by atoms with Crippen LogP contribution in [-0.4, -0.2) is 22.9 Å². The third kappa shape index (κ3) is 4.47. The van der Waals surface area contributed by atoms with Gasteiger partial charge in [-0.2, -0.15) is 0 Å².